The van der Waals surface area contributed by atoms with Crippen LogP contribution in [0.15, 0.2) is 23.1 Å². The zero-order chi connectivity index (χ0) is 9.97. The number of hydrogen-bond acceptors (Lipinski definition) is 3. The topological polar surface area (TPSA) is 26.0 Å². The molecule has 3 heteroatoms. The van der Waals surface area contributed by atoms with Gasteiger partial charge in [0.15, 0.2) is 0 Å². The first-order chi connectivity index (χ1) is 6.81. The first kappa shape index (κ1) is 10.4. The van der Waals surface area contributed by atoms with Crippen LogP contribution in [0.4, 0.5) is 0 Å². The van der Waals surface area contributed by atoms with Crippen molar-refractivity contribution in [2.75, 3.05) is 12.0 Å². The fourth-order valence-electron chi connectivity index (χ4n) is 1.72. The largest absolute Gasteiger partial charge is 0.324 e. The molecule has 1 aliphatic rings. The second kappa shape index (κ2) is 4.60. The molecule has 14 heavy (non-hydrogen) atoms. The van der Waals surface area contributed by atoms with Crippen LogP contribution in [-0.2, 0) is 5.75 Å². The summed E-state index contributed by atoms with van der Waals surface area (Å²) < 4.78 is 0. The molecule has 0 amide bonds. The quantitative estimate of drug-likeness (QED) is 0.744. The van der Waals surface area contributed by atoms with E-state index >= 15 is 0 Å². The summed E-state index contributed by atoms with van der Waals surface area (Å²) in [5.74, 6) is 2.31. The highest BCUT2D eigenvalue weighted by Crippen LogP contribution is 2.31. The molecule has 1 aromatic carbocycles. The molecule has 2 rings (SSSR count). The predicted octanol–water partition coefficient (Wildman–Crippen LogP) is 3.05. The summed E-state index contributed by atoms with van der Waals surface area (Å²) in [4.78, 5) is 1.33. The lowest BCUT2D eigenvalue weighted by atomic mass is 10.0. The Labute approximate surface area is 93.8 Å². The van der Waals surface area contributed by atoms with Crippen molar-refractivity contribution in [3.63, 3.8) is 0 Å². The Balaban J connectivity index is 2.39. The molecule has 1 aromatic rings. The molecule has 1 nitrogen and oxygen atoms in total. The third-order valence-corrected chi connectivity index (χ3v) is 4.35. The van der Waals surface area contributed by atoms with Crippen LogP contribution < -0.4 is 5.73 Å². The van der Waals surface area contributed by atoms with Gasteiger partial charge in [-0.2, -0.15) is 11.8 Å². The lowest BCUT2D eigenvalue weighted by Crippen LogP contribution is -2.11. The van der Waals surface area contributed by atoms with Crippen LogP contribution in [0.2, 0.25) is 0 Å². The fraction of sp³-hybridized carbons (Fsp3) is 0.455. The highest BCUT2D eigenvalue weighted by Gasteiger charge is 2.15. The minimum absolute atomic E-state index is 0.243. The van der Waals surface area contributed by atoms with Crippen LogP contribution in [0.5, 0.6) is 0 Å². The maximum atomic E-state index is 6.15. The zero-order valence-electron chi connectivity index (χ0n) is 8.32. The Morgan fingerprint density at radius 2 is 2.36 bits per heavy atom. The van der Waals surface area contributed by atoms with Crippen molar-refractivity contribution in [3.05, 3.63) is 29.3 Å². The summed E-state index contributed by atoms with van der Waals surface area (Å²) in [6.07, 6.45) is 3.22. The number of rotatable bonds is 1. The molecule has 0 aliphatic carbocycles. The second-order valence-electron chi connectivity index (χ2n) is 3.51. The molecule has 0 radical (unpaired) electrons. The average molecular weight is 225 g/mol. The highest BCUT2D eigenvalue weighted by molar-refractivity contribution is 7.98. The van der Waals surface area contributed by atoms with E-state index in [0.717, 1.165) is 12.2 Å². The molecule has 0 bridgehead atoms. The number of benzene rings is 1. The van der Waals surface area contributed by atoms with Gasteiger partial charge in [0, 0.05) is 16.7 Å². The summed E-state index contributed by atoms with van der Waals surface area (Å²) in [7, 11) is 0. The third-order valence-electron chi connectivity index (χ3n) is 2.58. The first-order valence-corrected chi connectivity index (χ1v) is 7.19. The Morgan fingerprint density at radius 3 is 3.14 bits per heavy atom. The Kier molecular flexibility index (Phi) is 3.42. The molecule has 0 aromatic heterocycles. The van der Waals surface area contributed by atoms with E-state index in [0.29, 0.717) is 0 Å². The van der Waals surface area contributed by atoms with E-state index in [9.17, 15) is 0 Å². The molecule has 0 saturated carbocycles. The standard InChI is InChI=1S/C11H15NS2/c1-13-9-3-2-8-7-14-5-4-11(12)10(8)6-9/h2-3,6,11H,4-5,7,12H2,1H3/t11-/m1/s1. The Hall–Kier alpha value is -0.120. The van der Waals surface area contributed by atoms with Gasteiger partial charge in [0.05, 0.1) is 0 Å². The molecule has 1 aliphatic heterocycles. The van der Waals surface area contributed by atoms with E-state index in [4.69, 9.17) is 5.73 Å². The zero-order valence-corrected chi connectivity index (χ0v) is 9.96. The lowest BCUT2D eigenvalue weighted by molar-refractivity contribution is 0.703. The SMILES string of the molecule is CSc1ccc2c(c1)[C@H](N)CCSC2. The van der Waals surface area contributed by atoms with Crippen molar-refractivity contribution in [1.29, 1.82) is 0 Å². The van der Waals surface area contributed by atoms with E-state index in [1.54, 1.807) is 11.8 Å². The molecule has 76 valence electrons. The van der Waals surface area contributed by atoms with Crippen LogP contribution in [0.3, 0.4) is 0 Å². The molecule has 0 saturated heterocycles. The van der Waals surface area contributed by atoms with Crippen molar-refractivity contribution >= 4 is 23.5 Å². The average Bonchev–Trinajstić information content (AvgIpc) is 2.40. The van der Waals surface area contributed by atoms with E-state index < -0.39 is 0 Å². The van der Waals surface area contributed by atoms with Crippen molar-refractivity contribution in [1.82, 2.24) is 0 Å². The van der Waals surface area contributed by atoms with Crippen molar-refractivity contribution < 1.29 is 0 Å². The van der Waals surface area contributed by atoms with Crippen LogP contribution in [0.25, 0.3) is 0 Å². The molecule has 1 heterocycles. The normalized spacial score (nSPS) is 21.4. The van der Waals surface area contributed by atoms with E-state index in [2.05, 4.69) is 24.5 Å². The van der Waals surface area contributed by atoms with Crippen LogP contribution in [-0.4, -0.2) is 12.0 Å². The molecule has 2 N–H and O–H groups in total. The molecule has 0 unspecified atom stereocenters. The summed E-state index contributed by atoms with van der Waals surface area (Å²) in [6.45, 7) is 0. The number of thioether (sulfide) groups is 2. The minimum Gasteiger partial charge on any atom is -0.324 e. The van der Waals surface area contributed by atoms with E-state index in [1.165, 1.54) is 21.8 Å². The highest BCUT2D eigenvalue weighted by atomic mass is 32.2. The van der Waals surface area contributed by atoms with Gasteiger partial charge in [-0.05, 0) is 41.7 Å². The minimum atomic E-state index is 0.243. The number of hydrogen-bond donors (Lipinski definition) is 1. The smallest absolute Gasteiger partial charge is 0.0306 e. The van der Waals surface area contributed by atoms with Gasteiger partial charge >= 0.3 is 0 Å². The van der Waals surface area contributed by atoms with Crippen molar-refractivity contribution in [2.45, 2.75) is 23.1 Å². The Morgan fingerprint density at radius 1 is 1.50 bits per heavy atom. The summed E-state index contributed by atoms with van der Waals surface area (Å²) in [5, 5.41) is 0. The van der Waals surface area contributed by atoms with Gasteiger partial charge < -0.3 is 5.73 Å². The predicted molar refractivity (Wildman–Crippen MR) is 65.9 cm³/mol. The molecule has 1 atom stereocenters. The van der Waals surface area contributed by atoms with Gasteiger partial charge in [-0.25, -0.2) is 0 Å². The van der Waals surface area contributed by atoms with Gasteiger partial charge in [-0.1, -0.05) is 6.07 Å². The molecular formula is C11H15NS2. The second-order valence-corrected chi connectivity index (χ2v) is 5.50. The van der Waals surface area contributed by atoms with Gasteiger partial charge in [-0.15, -0.1) is 11.8 Å². The van der Waals surface area contributed by atoms with Gasteiger partial charge in [0.2, 0.25) is 0 Å². The van der Waals surface area contributed by atoms with Gasteiger partial charge in [0.25, 0.3) is 0 Å². The van der Waals surface area contributed by atoms with Crippen LogP contribution in [0, 0.1) is 0 Å². The van der Waals surface area contributed by atoms with Gasteiger partial charge in [-0.3, -0.25) is 0 Å². The molecule has 0 spiro atoms. The van der Waals surface area contributed by atoms with Crippen molar-refractivity contribution in [3.8, 4) is 0 Å². The van der Waals surface area contributed by atoms with E-state index in [-0.39, 0.29) is 6.04 Å². The van der Waals surface area contributed by atoms with E-state index in [1.807, 2.05) is 11.8 Å². The summed E-state index contributed by atoms with van der Waals surface area (Å²) in [6, 6.07) is 6.94. The van der Waals surface area contributed by atoms with Gasteiger partial charge in [0.1, 0.15) is 0 Å². The molecular weight excluding hydrogens is 210 g/mol. The summed E-state index contributed by atoms with van der Waals surface area (Å²) >= 11 is 3.78. The molecule has 0 fully saturated rings. The monoisotopic (exact) mass is 225 g/mol. The lowest BCUT2D eigenvalue weighted by Gasteiger charge is -2.12. The fourth-order valence-corrected chi connectivity index (χ4v) is 3.22. The number of fused-ring (bicyclic) bond motifs is 1. The Bertz CT molecular complexity index is 325. The maximum Gasteiger partial charge on any atom is 0.0306 e. The van der Waals surface area contributed by atoms with Crippen molar-refractivity contribution in [2.24, 2.45) is 5.73 Å². The maximum absolute atomic E-state index is 6.15. The third kappa shape index (κ3) is 2.10. The first-order valence-electron chi connectivity index (χ1n) is 4.81. The summed E-state index contributed by atoms with van der Waals surface area (Å²) in [5.41, 5.74) is 8.94. The van der Waals surface area contributed by atoms with Crippen LogP contribution >= 0.6 is 23.5 Å². The number of nitrogens with two attached hydrogens (primary N) is 1. The van der Waals surface area contributed by atoms with Crippen LogP contribution in [0.1, 0.15) is 23.6 Å².